The number of halogens is 2. The minimum Gasteiger partial charge on any atom is -0.497 e. The van der Waals surface area contributed by atoms with Crippen LogP contribution in [0.1, 0.15) is 0 Å². The van der Waals surface area contributed by atoms with Gasteiger partial charge >= 0.3 is 0 Å². The van der Waals surface area contributed by atoms with E-state index in [0.717, 1.165) is 16.0 Å². The fourth-order valence-electron chi connectivity index (χ4n) is 2.51. The molecule has 0 aliphatic rings. The van der Waals surface area contributed by atoms with Gasteiger partial charge in [0.1, 0.15) is 17.8 Å². The highest BCUT2D eigenvalue weighted by molar-refractivity contribution is 7.22. The van der Waals surface area contributed by atoms with Gasteiger partial charge in [0.2, 0.25) is 0 Å². The molecule has 0 aliphatic heterocycles. The number of aromatic nitrogens is 3. The lowest BCUT2D eigenvalue weighted by molar-refractivity contribution is 0.415. The van der Waals surface area contributed by atoms with Crippen LogP contribution in [0, 0.1) is 0 Å². The number of thiazole rings is 1. The molecule has 0 atom stereocenters. The Kier molecular flexibility index (Phi) is 5.08. The number of anilines is 5. The normalized spacial score (nSPS) is 10.8. The van der Waals surface area contributed by atoms with Gasteiger partial charge in [-0.25, -0.2) is 15.0 Å². The summed E-state index contributed by atoms with van der Waals surface area (Å²) in [6.07, 6.45) is 1.40. The summed E-state index contributed by atoms with van der Waals surface area (Å²) in [5.74, 6) is 1.61. The summed E-state index contributed by atoms with van der Waals surface area (Å²) in [6, 6.07) is 10.9. The van der Waals surface area contributed by atoms with Gasteiger partial charge in [-0.2, -0.15) is 0 Å². The van der Waals surface area contributed by atoms with E-state index in [1.165, 1.54) is 17.7 Å². The number of nitrogen functional groups attached to an aromatic ring is 1. The van der Waals surface area contributed by atoms with Gasteiger partial charge < -0.3 is 21.1 Å². The molecular formula is C18H14Cl2N6OS. The second-order valence-electron chi connectivity index (χ2n) is 5.69. The first-order valence-corrected chi connectivity index (χ1v) is 9.65. The number of benzene rings is 2. The average molecular weight is 433 g/mol. The van der Waals surface area contributed by atoms with E-state index in [9.17, 15) is 0 Å². The minimum atomic E-state index is 0.329. The summed E-state index contributed by atoms with van der Waals surface area (Å²) >= 11 is 13.7. The third-order valence-electron chi connectivity index (χ3n) is 3.91. The SMILES string of the molecule is COc1ccc2nc(Nc3ncnc(Nc4cccc(Cl)c4Cl)c3N)sc2c1. The highest BCUT2D eigenvalue weighted by Crippen LogP contribution is 2.35. The molecule has 0 aliphatic carbocycles. The van der Waals surface area contributed by atoms with E-state index in [4.69, 9.17) is 33.7 Å². The molecule has 0 unspecified atom stereocenters. The standard InChI is InChI=1S/C18H14Cl2N6OS/c1-27-9-5-6-11-13(7-9)28-18(25-11)26-17-15(21)16(22-8-23-17)24-12-4-2-3-10(19)14(12)20/h2-8H,21H2,1H3,(H2,22,23,24,25,26). The zero-order valence-corrected chi connectivity index (χ0v) is 16.9. The molecule has 4 aromatic rings. The van der Waals surface area contributed by atoms with Crippen molar-refractivity contribution in [3.8, 4) is 5.75 Å². The predicted molar refractivity (Wildman–Crippen MR) is 116 cm³/mol. The van der Waals surface area contributed by atoms with Crippen molar-refractivity contribution in [3.05, 3.63) is 52.8 Å². The van der Waals surface area contributed by atoms with Crippen LogP contribution in [-0.2, 0) is 0 Å². The Morgan fingerprint density at radius 2 is 1.86 bits per heavy atom. The Bertz CT molecular complexity index is 1170. The Balaban J connectivity index is 1.62. The maximum Gasteiger partial charge on any atom is 0.189 e. The van der Waals surface area contributed by atoms with Gasteiger partial charge in [0.15, 0.2) is 16.8 Å². The average Bonchev–Trinajstić information content (AvgIpc) is 3.09. The van der Waals surface area contributed by atoms with Crippen LogP contribution in [0.4, 0.5) is 28.1 Å². The van der Waals surface area contributed by atoms with Gasteiger partial charge in [-0.3, -0.25) is 0 Å². The molecule has 0 saturated carbocycles. The fourth-order valence-corrected chi connectivity index (χ4v) is 3.75. The molecule has 0 fully saturated rings. The van der Waals surface area contributed by atoms with Crippen LogP contribution in [0.5, 0.6) is 5.75 Å². The lowest BCUT2D eigenvalue weighted by Gasteiger charge is -2.12. The second kappa shape index (κ2) is 7.67. The number of hydrogen-bond acceptors (Lipinski definition) is 8. The van der Waals surface area contributed by atoms with Crippen LogP contribution in [0.2, 0.25) is 10.0 Å². The van der Waals surface area contributed by atoms with Crippen LogP contribution in [0.3, 0.4) is 0 Å². The number of ether oxygens (including phenoxy) is 1. The molecular weight excluding hydrogens is 419 g/mol. The number of rotatable bonds is 5. The van der Waals surface area contributed by atoms with Crippen molar-refractivity contribution in [3.63, 3.8) is 0 Å². The van der Waals surface area contributed by atoms with Crippen molar-refractivity contribution in [2.45, 2.75) is 0 Å². The first-order valence-electron chi connectivity index (χ1n) is 8.08. The Labute approximate surface area is 174 Å². The van der Waals surface area contributed by atoms with Crippen LogP contribution in [0.25, 0.3) is 10.2 Å². The lowest BCUT2D eigenvalue weighted by Crippen LogP contribution is -2.05. The maximum atomic E-state index is 6.24. The number of fused-ring (bicyclic) bond motifs is 1. The topological polar surface area (TPSA) is 98.0 Å². The lowest BCUT2D eigenvalue weighted by atomic mass is 10.3. The quantitative estimate of drug-likeness (QED) is 0.384. The monoisotopic (exact) mass is 432 g/mol. The largest absolute Gasteiger partial charge is 0.497 e. The molecule has 7 nitrogen and oxygen atoms in total. The Morgan fingerprint density at radius 1 is 1.07 bits per heavy atom. The van der Waals surface area contributed by atoms with Crippen molar-refractivity contribution >= 4 is 72.9 Å². The van der Waals surface area contributed by atoms with Crippen molar-refractivity contribution in [1.82, 2.24) is 15.0 Å². The zero-order valence-electron chi connectivity index (χ0n) is 14.5. The summed E-state index contributed by atoms with van der Waals surface area (Å²) < 4.78 is 6.23. The van der Waals surface area contributed by atoms with Crippen molar-refractivity contribution < 1.29 is 4.74 Å². The van der Waals surface area contributed by atoms with Gasteiger partial charge in [0, 0.05) is 0 Å². The fraction of sp³-hybridized carbons (Fsp3) is 0.0556. The molecule has 0 saturated heterocycles. The van der Waals surface area contributed by atoms with Crippen LogP contribution in [-0.4, -0.2) is 22.1 Å². The zero-order chi connectivity index (χ0) is 19.7. The van der Waals surface area contributed by atoms with Gasteiger partial charge in [0.05, 0.1) is 33.1 Å². The van der Waals surface area contributed by atoms with E-state index in [1.807, 2.05) is 18.2 Å². The third kappa shape index (κ3) is 3.62. The van der Waals surface area contributed by atoms with Crippen molar-refractivity contribution in [2.75, 3.05) is 23.5 Å². The molecule has 0 bridgehead atoms. The van der Waals surface area contributed by atoms with E-state index < -0.39 is 0 Å². The van der Waals surface area contributed by atoms with E-state index >= 15 is 0 Å². The Hall–Kier alpha value is -2.81. The molecule has 2 aromatic carbocycles. The molecule has 0 spiro atoms. The van der Waals surface area contributed by atoms with Gasteiger partial charge in [-0.15, -0.1) is 0 Å². The van der Waals surface area contributed by atoms with Crippen molar-refractivity contribution in [1.29, 1.82) is 0 Å². The number of nitrogens with two attached hydrogens (primary N) is 1. The molecule has 0 amide bonds. The number of hydrogen-bond donors (Lipinski definition) is 3. The predicted octanol–water partition coefficient (Wildman–Crippen LogP) is 5.47. The van der Waals surface area contributed by atoms with Gasteiger partial charge in [-0.05, 0) is 30.3 Å². The smallest absolute Gasteiger partial charge is 0.189 e. The molecule has 2 heterocycles. The molecule has 28 heavy (non-hydrogen) atoms. The summed E-state index contributed by atoms with van der Waals surface area (Å²) in [5, 5.41) is 7.70. The van der Waals surface area contributed by atoms with E-state index in [0.29, 0.717) is 38.2 Å². The maximum absolute atomic E-state index is 6.24. The van der Waals surface area contributed by atoms with E-state index in [1.54, 1.807) is 25.3 Å². The first kappa shape index (κ1) is 18.5. The molecule has 10 heteroatoms. The molecule has 142 valence electrons. The Morgan fingerprint density at radius 3 is 2.64 bits per heavy atom. The summed E-state index contributed by atoms with van der Waals surface area (Å²) in [5.41, 5.74) is 8.01. The summed E-state index contributed by atoms with van der Waals surface area (Å²) in [6.45, 7) is 0. The molecule has 4 rings (SSSR count). The second-order valence-corrected chi connectivity index (χ2v) is 7.50. The number of nitrogens with one attached hydrogen (secondary N) is 2. The van der Waals surface area contributed by atoms with Gasteiger partial charge in [-0.1, -0.05) is 40.6 Å². The third-order valence-corrected chi connectivity index (χ3v) is 5.66. The van der Waals surface area contributed by atoms with E-state index in [2.05, 4.69) is 25.6 Å². The number of nitrogens with zero attached hydrogens (tertiary/aromatic N) is 3. The van der Waals surface area contributed by atoms with Crippen LogP contribution in [0.15, 0.2) is 42.7 Å². The number of methoxy groups -OCH3 is 1. The minimum absolute atomic E-state index is 0.329. The molecule has 4 N–H and O–H groups in total. The summed E-state index contributed by atoms with van der Waals surface area (Å²) in [7, 11) is 1.63. The molecule has 0 radical (unpaired) electrons. The van der Waals surface area contributed by atoms with Crippen molar-refractivity contribution in [2.24, 2.45) is 0 Å². The van der Waals surface area contributed by atoms with Crippen LogP contribution >= 0.6 is 34.5 Å². The van der Waals surface area contributed by atoms with Gasteiger partial charge in [0.25, 0.3) is 0 Å². The highest BCUT2D eigenvalue weighted by atomic mass is 35.5. The van der Waals surface area contributed by atoms with E-state index in [-0.39, 0.29) is 0 Å². The molecule has 2 aromatic heterocycles. The summed E-state index contributed by atoms with van der Waals surface area (Å²) in [4.78, 5) is 12.9. The first-order chi connectivity index (χ1) is 13.5. The highest BCUT2D eigenvalue weighted by Gasteiger charge is 2.13. The van der Waals surface area contributed by atoms with Crippen LogP contribution < -0.4 is 21.1 Å².